The van der Waals surface area contributed by atoms with E-state index in [1.807, 2.05) is 18.0 Å². The van der Waals surface area contributed by atoms with E-state index in [1.165, 1.54) is 22.1 Å². The number of methoxy groups -OCH3 is 1. The van der Waals surface area contributed by atoms with Crippen molar-refractivity contribution < 1.29 is 17.9 Å². The van der Waals surface area contributed by atoms with Crippen molar-refractivity contribution in [3.05, 3.63) is 64.7 Å². The molecule has 10 heteroatoms. The van der Waals surface area contributed by atoms with Crippen molar-refractivity contribution in [3.63, 3.8) is 0 Å². The highest BCUT2D eigenvalue weighted by Crippen LogP contribution is 2.36. The van der Waals surface area contributed by atoms with E-state index in [9.17, 15) is 13.2 Å². The Labute approximate surface area is 205 Å². The fourth-order valence-corrected chi connectivity index (χ4v) is 5.44. The van der Waals surface area contributed by atoms with Crippen molar-refractivity contribution in [1.82, 2.24) is 19.5 Å². The van der Waals surface area contributed by atoms with Crippen molar-refractivity contribution in [2.75, 3.05) is 25.5 Å². The molecule has 0 unspecified atom stereocenters. The average molecular weight is 502 g/mol. The van der Waals surface area contributed by atoms with E-state index in [-0.39, 0.29) is 6.04 Å². The van der Waals surface area contributed by atoms with Gasteiger partial charge in [0.1, 0.15) is 5.82 Å². The lowest BCUT2D eigenvalue weighted by Crippen LogP contribution is -2.35. The minimum atomic E-state index is -4.36. The van der Waals surface area contributed by atoms with Gasteiger partial charge in [-0.3, -0.25) is 5.10 Å². The van der Waals surface area contributed by atoms with Gasteiger partial charge in [0.2, 0.25) is 5.88 Å². The summed E-state index contributed by atoms with van der Waals surface area (Å²) in [5.41, 5.74) is 2.71. The number of fused-ring (bicyclic) bond motifs is 1. The second kappa shape index (κ2) is 9.94. The van der Waals surface area contributed by atoms with E-state index in [0.717, 1.165) is 61.9 Å². The van der Waals surface area contributed by atoms with Crippen LogP contribution in [0.5, 0.6) is 5.88 Å². The molecule has 2 aliphatic rings. The summed E-state index contributed by atoms with van der Waals surface area (Å²) in [6, 6.07) is 8.95. The summed E-state index contributed by atoms with van der Waals surface area (Å²) in [7, 11) is 1.62. The number of aromatic nitrogens is 3. The summed E-state index contributed by atoms with van der Waals surface area (Å²) in [5.74, 6) is 1.10. The van der Waals surface area contributed by atoms with Gasteiger partial charge in [-0.25, -0.2) is 9.29 Å². The molecule has 6 nitrogen and oxygen atoms in total. The quantitative estimate of drug-likeness (QED) is 0.388. The van der Waals surface area contributed by atoms with Crippen LogP contribution in [0.25, 0.3) is 16.5 Å². The molecule has 35 heavy (non-hydrogen) atoms. The first kappa shape index (κ1) is 23.7. The summed E-state index contributed by atoms with van der Waals surface area (Å²) in [6.45, 7) is 1.82. The number of hydrogen-bond donors (Lipinski definition) is 2. The number of piperidine rings is 1. The standard InChI is InChI=1S/C25H26F3N5OS/c1-34-24-21-14-17(4-8-22(21)31-32-24)16-2-6-20(7-3-16)35-33-12-10-19(11-13-33)30-23-9-5-18(15-29-23)25(26,27)28/h2,4-6,8-9,14-15,19H,3,7,10-13H2,1H3,(H,29,30)(H,31,32). The van der Waals surface area contributed by atoms with Gasteiger partial charge in [0.25, 0.3) is 0 Å². The Morgan fingerprint density at radius 2 is 1.94 bits per heavy atom. The van der Waals surface area contributed by atoms with E-state index < -0.39 is 11.7 Å². The molecule has 1 aliphatic heterocycles. The van der Waals surface area contributed by atoms with E-state index in [1.54, 1.807) is 7.11 Å². The number of nitrogens with one attached hydrogen (secondary N) is 2. The van der Waals surface area contributed by atoms with Crippen LogP contribution in [0.1, 0.15) is 36.8 Å². The molecule has 0 spiro atoms. The predicted molar refractivity (Wildman–Crippen MR) is 133 cm³/mol. The summed E-state index contributed by atoms with van der Waals surface area (Å²) in [5, 5.41) is 11.4. The summed E-state index contributed by atoms with van der Waals surface area (Å²) in [6.07, 6.45) is 4.72. The average Bonchev–Trinajstić information content (AvgIpc) is 3.28. The first-order valence-corrected chi connectivity index (χ1v) is 12.3. The Bertz CT molecular complexity index is 1240. The molecule has 2 N–H and O–H groups in total. The Morgan fingerprint density at radius 1 is 1.11 bits per heavy atom. The van der Waals surface area contributed by atoms with Gasteiger partial charge in [0, 0.05) is 30.2 Å². The summed E-state index contributed by atoms with van der Waals surface area (Å²) >= 11 is 1.81. The zero-order valence-corrected chi connectivity index (χ0v) is 20.0. The van der Waals surface area contributed by atoms with Crippen LogP contribution in [0, 0.1) is 0 Å². The molecule has 0 saturated carbocycles. The van der Waals surface area contributed by atoms with Gasteiger partial charge in [0.05, 0.1) is 23.6 Å². The topological polar surface area (TPSA) is 66.1 Å². The zero-order valence-electron chi connectivity index (χ0n) is 19.2. The highest BCUT2D eigenvalue weighted by atomic mass is 32.2. The number of aromatic amines is 1. The predicted octanol–water partition coefficient (Wildman–Crippen LogP) is 6.27. The molecule has 3 aromatic rings. The summed E-state index contributed by atoms with van der Waals surface area (Å²) < 4.78 is 45.8. The second-order valence-electron chi connectivity index (χ2n) is 8.69. The SMILES string of the molecule is COc1n[nH]c2ccc(C3=CC=C(SN4CCC(Nc5ccc(C(F)(F)F)cn5)CC4)CC3)cc12. The normalized spacial score (nSPS) is 17.8. The van der Waals surface area contributed by atoms with Gasteiger partial charge < -0.3 is 10.1 Å². The van der Waals surface area contributed by atoms with Crippen molar-refractivity contribution in [2.45, 2.75) is 37.9 Å². The van der Waals surface area contributed by atoms with Gasteiger partial charge in [-0.1, -0.05) is 18.2 Å². The molecule has 3 heterocycles. The lowest BCUT2D eigenvalue weighted by molar-refractivity contribution is -0.137. The minimum absolute atomic E-state index is 0.206. The molecule has 5 rings (SSSR count). The molecule has 1 fully saturated rings. The number of alkyl halides is 3. The molecule has 1 aromatic carbocycles. The maximum atomic E-state index is 12.7. The fraction of sp³-hybridized carbons (Fsp3) is 0.360. The monoisotopic (exact) mass is 501 g/mol. The van der Waals surface area contributed by atoms with Gasteiger partial charge in [0.15, 0.2) is 0 Å². The number of allylic oxidation sites excluding steroid dienone is 4. The van der Waals surface area contributed by atoms with E-state index in [2.05, 4.69) is 49.1 Å². The Balaban J connectivity index is 1.14. The van der Waals surface area contributed by atoms with Crippen LogP contribution >= 0.6 is 11.9 Å². The first-order valence-electron chi connectivity index (χ1n) is 11.5. The molecule has 0 bridgehead atoms. The van der Waals surface area contributed by atoms with Crippen LogP contribution < -0.4 is 10.1 Å². The minimum Gasteiger partial charge on any atom is -0.480 e. The number of rotatable bonds is 6. The van der Waals surface area contributed by atoms with Gasteiger partial charge in [-0.15, -0.1) is 5.10 Å². The molecule has 0 atom stereocenters. The molecule has 1 aliphatic carbocycles. The fourth-order valence-electron chi connectivity index (χ4n) is 4.39. The van der Waals surface area contributed by atoms with Crippen molar-refractivity contribution in [1.29, 1.82) is 0 Å². The van der Waals surface area contributed by atoms with Crippen molar-refractivity contribution in [3.8, 4) is 5.88 Å². The Morgan fingerprint density at radius 3 is 2.60 bits per heavy atom. The molecular weight excluding hydrogens is 475 g/mol. The Kier molecular flexibility index (Phi) is 6.75. The number of nitrogens with zero attached hydrogens (tertiary/aromatic N) is 3. The maximum Gasteiger partial charge on any atom is 0.417 e. The van der Waals surface area contributed by atoms with E-state index >= 15 is 0 Å². The third-order valence-corrected chi connectivity index (χ3v) is 7.54. The number of benzene rings is 1. The molecule has 0 radical (unpaired) electrons. The number of H-pyrrole nitrogens is 1. The van der Waals surface area contributed by atoms with E-state index in [4.69, 9.17) is 4.74 Å². The lowest BCUT2D eigenvalue weighted by atomic mass is 9.96. The molecule has 184 valence electrons. The molecule has 2 aromatic heterocycles. The molecule has 1 saturated heterocycles. The van der Waals surface area contributed by atoms with Gasteiger partial charge in [-0.2, -0.15) is 13.2 Å². The van der Waals surface area contributed by atoms with Crippen molar-refractivity contribution >= 4 is 34.2 Å². The van der Waals surface area contributed by atoms with Crippen LogP contribution in [0.2, 0.25) is 0 Å². The van der Waals surface area contributed by atoms with Crippen LogP contribution in [0.4, 0.5) is 19.0 Å². The second-order valence-corrected chi connectivity index (χ2v) is 9.91. The molecular formula is C25H26F3N5OS. The van der Waals surface area contributed by atoms with Gasteiger partial charge >= 0.3 is 6.18 Å². The number of halogens is 3. The smallest absolute Gasteiger partial charge is 0.417 e. The van der Waals surface area contributed by atoms with Crippen LogP contribution in [0.3, 0.4) is 0 Å². The summed E-state index contributed by atoms with van der Waals surface area (Å²) in [4.78, 5) is 5.27. The number of anilines is 1. The zero-order chi connectivity index (χ0) is 24.4. The number of pyridine rings is 1. The lowest BCUT2D eigenvalue weighted by Gasteiger charge is -2.32. The Hall–Kier alpha value is -2.98. The highest BCUT2D eigenvalue weighted by Gasteiger charge is 2.31. The number of ether oxygens (including phenoxy) is 1. The third-order valence-electron chi connectivity index (χ3n) is 6.35. The molecule has 0 amide bonds. The maximum absolute atomic E-state index is 12.7. The third kappa shape index (κ3) is 5.48. The van der Waals surface area contributed by atoms with Crippen LogP contribution in [0.15, 0.2) is 53.6 Å². The van der Waals surface area contributed by atoms with Crippen LogP contribution in [-0.4, -0.2) is 45.7 Å². The number of hydrogen-bond acceptors (Lipinski definition) is 6. The van der Waals surface area contributed by atoms with Crippen molar-refractivity contribution in [2.24, 2.45) is 0 Å². The van der Waals surface area contributed by atoms with E-state index in [0.29, 0.717) is 11.7 Å². The van der Waals surface area contributed by atoms with Gasteiger partial charge in [-0.05, 0) is 73.0 Å². The highest BCUT2D eigenvalue weighted by molar-refractivity contribution is 8.00. The van der Waals surface area contributed by atoms with Crippen LogP contribution in [-0.2, 0) is 6.18 Å². The first-order chi connectivity index (χ1) is 16.9. The largest absolute Gasteiger partial charge is 0.480 e.